The molecule has 2 aromatic rings. The van der Waals surface area contributed by atoms with Crippen LogP contribution in [0.15, 0.2) is 36.4 Å². The lowest BCUT2D eigenvalue weighted by Gasteiger charge is -2.20. The first-order valence-electron chi connectivity index (χ1n) is 6.64. The van der Waals surface area contributed by atoms with Crippen molar-refractivity contribution in [3.8, 4) is 5.75 Å². The van der Waals surface area contributed by atoms with Crippen LogP contribution >= 0.6 is 0 Å². The van der Waals surface area contributed by atoms with Gasteiger partial charge in [0.05, 0.1) is 0 Å². The van der Waals surface area contributed by atoms with Gasteiger partial charge in [-0.15, -0.1) is 0 Å². The molecular weight excluding hydrogens is 303 g/mol. The van der Waals surface area contributed by atoms with Crippen molar-refractivity contribution in [2.75, 3.05) is 0 Å². The molecule has 0 aliphatic rings. The summed E-state index contributed by atoms with van der Waals surface area (Å²) in [5.74, 6) is -3.80. The largest absolute Gasteiger partial charge is 0.432 e. The van der Waals surface area contributed by atoms with Crippen LogP contribution in [-0.4, -0.2) is 0 Å². The molecule has 0 amide bonds. The fourth-order valence-electron chi connectivity index (χ4n) is 2.04. The van der Waals surface area contributed by atoms with E-state index in [1.807, 2.05) is 0 Å². The van der Waals surface area contributed by atoms with Crippen LogP contribution < -0.4 is 4.74 Å². The molecule has 0 atom stereocenters. The predicted octanol–water partition coefficient (Wildman–Crippen LogP) is 5.18. The minimum atomic E-state index is -4.21. The first-order chi connectivity index (χ1) is 10.3. The lowest BCUT2D eigenvalue weighted by molar-refractivity contribution is -0.189. The van der Waals surface area contributed by atoms with Crippen molar-refractivity contribution in [1.82, 2.24) is 0 Å². The summed E-state index contributed by atoms with van der Waals surface area (Å²) in [6.07, 6.45) is -3.21. The minimum Gasteiger partial charge on any atom is -0.429 e. The summed E-state index contributed by atoms with van der Waals surface area (Å²) in [6, 6.07) is 5.44. The average Bonchev–Trinajstić information content (AvgIpc) is 2.40. The average molecular weight is 316 g/mol. The Morgan fingerprint density at radius 1 is 0.955 bits per heavy atom. The second kappa shape index (κ2) is 6.34. The van der Waals surface area contributed by atoms with E-state index in [-0.39, 0.29) is 0 Å². The van der Waals surface area contributed by atoms with Gasteiger partial charge in [0.1, 0.15) is 28.8 Å². The Balaban J connectivity index is 2.34. The van der Waals surface area contributed by atoms with Gasteiger partial charge in [-0.3, -0.25) is 0 Å². The Kier molecular flexibility index (Phi) is 4.68. The summed E-state index contributed by atoms with van der Waals surface area (Å²) in [7, 11) is 0. The van der Waals surface area contributed by atoms with Gasteiger partial charge < -0.3 is 4.74 Å². The van der Waals surface area contributed by atoms with Crippen LogP contribution in [0.1, 0.15) is 24.5 Å². The van der Waals surface area contributed by atoms with Crippen LogP contribution in [0.2, 0.25) is 0 Å². The van der Waals surface area contributed by atoms with Crippen LogP contribution in [0, 0.1) is 17.5 Å². The van der Waals surface area contributed by atoms with Crippen molar-refractivity contribution in [3.05, 3.63) is 65.0 Å². The number of halogens is 5. The highest BCUT2D eigenvalue weighted by Crippen LogP contribution is 2.35. The van der Waals surface area contributed by atoms with E-state index in [0.29, 0.717) is 18.4 Å². The zero-order valence-corrected chi connectivity index (χ0v) is 11.7. The first kappa shape index (κ1) is 16.3. The second-order valence-corrected chi connectivity index (χ2v) is 4.76. The van der Waals surface area contributed by atoms with Crippen LogP contribution in [0.3, 0.4) is 0 Å². The Labute approximate surface area is 124 Å². The second-order valence-electron chi connectivity index (χ2n) is 4.76. The van der Waals surface area contributed by atoms with Crippen molar-refractivity contribution in [3.63, 3.8) is 0 Å². The highest BCUT2D eigenvalue weighted by atomic mass is 19.3. The number of rotatable bonds is 5. The SMILES string of the molecule is CCCc1cc(F)c(C(F)(F)Oc2ccc(F)cc2)c(F)c1. The first-order valence-corrected chi connectivity index (χ1v) is 6.64. The Bertz CT molecular complexity index is 629. The topological polar surface area (TPSA) is 9.23 Å². The summed E-state index contributed by atoms with van der Waals surface area (Å²) < 4.78 is 72.7. The number of aryl methyl sites for hydroxylation is 1. The number of hydrogen-bond donors (Lipinski definition) is 0. The normalized spacial score (nSPS) is 11.5. The molecule has 0 fully saturated rings. The standard InChI is InChI=1S/C16H13F5O/c1-2-3-10-8-13(18)15(14(19)9-10)16(20,21)22-12-6-4-11(17)5-7-12/h4-9H,2-3H2,1H3. The van der Waals surface area contributed by atoms with Crippen molar-refractivity contribution >= 4 is 0 Å². The third-order valence-electron chi connectivity index (χ3n) is 2.99. The van der Waals surface area contributed by atoms with Crippen molar-refractivity contribution in [2.45, 2.75) is 25.9 Å². The molecule has 0 radical (unpaired) electrons. The minimum absolute atomic E-state index is 0.291. The van der Waals surface area contributed by atoms with Gasteiger partial charge in [-0.25, -0.2) is 13.2 Å². The molecule has 2 rings (SSSR count). The van der Waals surface area contributed by atoms with E-state index in [2.05, 4.69) is 4.74 Å². The summed E-state index contributed by atoms with van der Waals surface area (Å²) >= 11 is 0. The van der Waals surface area contributed by atoms with Crippen LogP contribution in [-0.2, 0) is 12.5 Å². The monoisotopic (exact) mass is 316 g/mol. The molecule has 0 saturated heterocycles. The fourth-order valence-corrected chi connectivity index (χ4v) is 2.04. The molecule has 2 aromatic carbocycles. The van der Waals surface area contributed by atoms with Gasteiger partial charge >= 0.3 is 6.11 Å². The number of benzene rings is 2. The van der Waals surface area contributed by atoms with Crippen LogP contribution in [0.25, 0.3) is 0 Å². The van der Waals surface area contributed by atoms with Crippen molar-refractivity contribution < 1.29 is 26.7 Å². The maximum absolute atomic E-state index is 14.0. The third-order valence-corrected chi connectivity index (χ3v) is 2.99. The van der Waals surface area contributed by atoms with Gasteiger partial charge in [0.2, 0.25) is 0 Å². The molecule has 0 N–H and O–H groups in total. The Morgan fingerprint density at radius 2 is 1.50 bits per heavy atom. The lowest BCUT2D eigenvalue weighted by Crippen LogP contribution is -2.25. The number of hydrogen-bond acceptors (Lipinski definition) is 1. The molecule has 1 nitrogen and oxygen atoms in total. The van der Waals surface area contributed by atoms with E-state index in [4.69, 9.17) is 0 Å². The molecule has 0 heterocycles. The third kappa shape index (κ3) is 3.55. The molecule has 0 aliphatic carbocycles. The summed E-state index contributed by atoms with van der Waals surface area (Å²) in [6.45, 7) is 1.80. The summed E-state index contributed by atoms with van der Waals surface area (Å²) in [4.78, 5) is 0. The van der Waals surface area contributed by atoms with Gasteiger partial charge in [0.15, 0.2) is 0 Å². The molecule has 0 aromatic heterocycles. The summed E-state index contributed by atoms with van der Waals surface area (Å²) in [5.41, 5.74) is -1.17. The zero-order chi connectivity index (χ0) is 16.3. The van der Waals surface area contributed by atoms with E-state index in [1.54, 1.807) is 6.92 Å². The molecule has 6 heteroatoms. The zero-order valence-electron chi connectivity index (χ0n) is 11.7. The van der Waals surface area contributed by atoms with Gasteiger partial charge in [0.25, 0.3) is 0 Å². The number of alkyl halides is 2. The molecule has 0 bridgehead atoms. The molecule has 0 unspecified atom stereocenters. The van der Waals surface area contributed by atoms with Gasteiger partial charge in [-0.05, 0) is 48.4 Å². The van der Waals surface area contributed by atoms with Gasteiger partial charge in [-0.1, -0.05) is 13.3 Å². The number of ether oxygens (including phenoxy) is 1. The van der Waals surface area contributed by atoms with Crippen molar-refractivity contribution in [2.24, 2.45) is 0 Å². The van der Waals surface area contributed by atoms with Gasteiger partial charge in [0, 0.05) is 0 Å². The Morgan fingerprint density at radius 3 is 2.00 bits per heavy atom. The van der Waals surface area contributed by atoms with Crippen molar-refractivity contribution in [1.29, 1.82) is 0 Å². The van der Waals surface area contributed by atoms with Gasteiger partial charge in [-0.2, -0.15) is 8.78 Å². The fraction of sp³-hybridized carbons (Fsp3) is 0.250. The maximum atomic E-state index is 14.0. The molecule has 0 aliphatic heterocycles. The van der Waals surface area contributed by atoms with E-state index in [9.17, 15) is 22.0 Å². The smallest absolute Gasteiger partial charge is 0.429 e. The highest BCUT2D eigenvalue weighted by molar-refractivity contribution is 5.30. The van der Waals surface area contributed by atoms with E-state index in [0.717, 1.165) is 36.4 Å². The molecule has 118 valence electrons. The molecule has 0 saturated carbocycles. The van der Waals surface area contributed by atoms with E-state index >= 15 is 0 Å². The van der Waals surface area contributed by atoms with Crippen LogP contribution in [0.5, 0.6) is 5.75 Å². The maximum Gasteiger partial charge on any atom is 0.432 e. The molecule has 0 spiro atoms. The molecule has 22 heavy (non-hydrogen) atoms. The summed E-state index contributed by atoms with van der Waals surface area (Å²) in [5, 5.41) is 0. The predicted molar refractivity (Wildman–Crippen MR) is 71.3 cm³/mol. The highest BCUT2D eigenvalue weighted by Gasteiger charge is 2.41. The van der Waals surface area contributed by atoms with E-state index in [1.165, 1.54) is 0 Å². The van der Waals surface area contributed by atoms with E-state index < -0.39 is 34.9 Å². The van der Waals surface area contributed by atoms with Crippen LogP contribution in [0.4, 0.5) is 22.0 Å². The molecular formula is C16H13F5O. The lowest BCUT2D eigenvalue weighted by atomic mass is 10.1. The quantitative estimate of drug-likeness (QED) is 0.690. The Hall–Kier alpha value is -2.11.